The molecular weight excluding hydrogens is 206 g/mol. The lowest BCUT2D eigenvalue weighted by Crippen LogP contribution is -1.97. The number of ether oxygens (including phenoxy) is 1. The largest absolute Gasteiger partial charge is 0.493 e. The van der Waals surface area contributed by atoms with Crippen molar-refractivity contribution < 1.29 is 13.5 Å². The van der Waals surface area contributed by atoms with Crippen molar-refractivity contribution in [3.63, 3.8) is 0 Å². The van der Waals surface area contributed by atoms with Crippen molar-refractivity contribution in [2.24, 2.45) is 0 Å². The van der Waals surface area contributed by atoms with Crippen LogP contribution in [0.5, 0.6) is 5.75 Å². The molecule has 14 heavy (non-hydrogen) atoms. The molecule has 4 heteroatoms. The lowest BCUT2D eigenvalue weighted by molar-refractivity contribution is 0.312. The van der Waals surface area contributed by atoms with E-state index in [1.165, 1.54) is 12.1 Å². The van der Waals surface area contributed by atoms with Gasteiger partial charge in [-0.1, -0.05) is 6.92 Å². The zero-order valence-electron chi connectivity index (χ0n) is 8.14. The van der Waals surface area contributed by atoms with Gasteiger partial charge in [0.25, 0.3) is 0 Å². The first-order valence-corrected chi connectivity index (χ1v) is 5.57. The monoisotopic (exact) mass is 218 g/mol. The van der Waals surface area contributed by atoms with E-state index in [0.717, 1.165) is 18.2 Å². The quantitative estimate of drug-likeness (QED) is 0.715. The predicted molar refractivity (Wildman–Crippen MR) is 53.9 cm³/mol. The Morgan fingerprint density at radius 3 is 2.29 bits per heavy atom. The van der Waals surface area contributed by atoms with E-state index < -0.39 is 11.6 Å². The van der Waals surface area contributed by atoms with Crippen LogP contribution in [0.4, 0.5) is 8.78 Å². The molecule has 0 aliphatic carbocycles. The minimum atomic E-state index is -0.566. The normalized spacial score (nSPS) is 10.3. The van der Waals surface area contributed by atoms with Crippen molar-refractivity contribution >= 4 is 11.8 Å². The first kappa shape index (κ1) is 11.3. The Balaban J connectivity index is 2.90. The molecule has 0 aliphatic heterocycles. The maximum Gasteiger partial charge on any atom is 0.143 e. The maximum absolute atomic E-state index is 13.2. The molecule has 0 atom stereocenters. The lowest BCUT2D eigenvalue weighted by Gasteiger charge is -2.07. The SMILES string of the molecule is CCCOc1cc(F)c(SC)c(F)c1. The summed E-state index contributed by atoms with van der Waals surface area (Å²) >= 11 is 1.05. The van der Waals surface area contributed by atoms with E-state index in [4.69, 9.17) is 4.74 Å². The minimum Gasteiger partial charge on any atom is -0.493 e. The van der Waals surface area contributed by atoms with E-state index in [0.29, 0.717) is 6.61 Å². The molecule has 1 aromatic carbocycles. The number of hydrogen-bond donors (Lipinski definition) is 0. The van der Waals surface area contributed by atoms with Gasteiger partial charge in [-0.05, 0) is 12.7 Å². The summed E-state index contributed by atoms with van der Waals surface area (Å²) in [5, 5.41) is 0. The van der Waals surface area contributed by atoms with Crippen molar-refractivity contribution in [3.05, 3.63) is 23.8 Å². The van der Waals surface area contributed by atoms with Crippen LogP contribution >= 0.6 is 11.8 Å². The summed E-state index contributed by atoms with van der Waals surface area (Å²) in [7, 11) is 0. The molecular formula is C10H12F2OS. The highest BCUT2D eigenvalue weighted by Gasteiger charge is 2.10. The average Bonchev–Trinajstić information content (AvgIpc) is 2.14. The molecule has 0 aliphatic rings. The third kappa shape index (κ3) is 2.61. The van der Waals surface area contributed by atoms with E-state index in [1.54, 1.807) is 6.26 Å². The molecule has 0 spiro atoms. The molecule has 0 radical (unpaired) electrons. The van der Waals surface area contributed by atoms with Crippen LogP contribution in [0.15, 0.2) is 17.0 Å². The summed E-state index contributed by atoms with van der Waals surface area (Å²) in [6.07, 6.45) is 2.45. The highest BCUT2D eigenvalue weighted by Crippen LogP contribution is 2.27. The zero-order chi connectivity index (χ0) is 10.6. The van der Waals surface area contributed by atoms with Crippen LogP contribution in [-0.2, 0) is 0 Å². The van der Waals surface area contributed by atoms with Crippen molar-refractivity contribution in [3.8, 4) is 5.75 Å². The van der Waals surface area contributed by atoms with Gasteiger partial charge in [-0.2, -0.15) is 0 Å². The van der Waals surface area contributed by atoms with Gasteiger partial charge in [-0.15, -0.1) is 11.8 Å². The lowest BCUT2D eigenvalue weighted by atomic mass is 10.3. The van der Waals surface area contributed by atoms with Gasteiger partial charge in [0.2, 0.25) is 0 Å². The standard InChI is InChI=1S/C10H12F2OS/c1-3-4-13-7-5-8(11)10(14-2)9(12)6-7/h5-6H,3-4H2,1-2H3. The highest BCUT2D eigenvalue weighted by molar-refractivity contribution is 7.98. The number of benzene rings is 1. The van der Waals surface area contributed by atoms with Crippen LogP contribution in [0.25, 0.3) is 0 Å². The number of hydrogen-bond acceptors (Lipinski definition) is 2. The van der Waals surface area contributed by atoms with Gasteiger partial charge in [0.05, 0.1) is 11.5 Å². The Bertz CT molecular complexity index is 292. The van der Waals surface area contributed by atoms with Crippen LogP contribution < -0.4 is 4.74 Å². The van der Waals surface area contributed by atoms with Crippen LogP contribution in [0.2, 0.25) is 0 Å². The van der Waals surface area contributed by atoms with Crippen molar-refractivity contribution in [1.82, 2.24) is 0 Å². The van der Waals surface area contributed by atoms with Crippen LogP contribution in [0.3, 0.4) is 0 Å². The Morgan fingerprint density at radius 1 is 1.29 bits per heavy atom. The number of halogens is 2. The molecule has 0 fully saturated rings. The molecule has 0 heterocycles. The summed E-state index contributed by atoms with van der Waals surface area (Å²) in [5.74, 6) is -0.883. The molecule has 1 nitrogen and oxygen atoms in total. The van der Waals surface area contributed by atoms with Gasteiger partial charge < -0.3 is 4.74 Å². The summed E-state index contributed by atoms with van der Waals surface area (Å²) < 4.78 is 31.5. The fourth-order valence-corrected chi connectivity index (χ4v) is 1.54. The first-order chi connectivity index (χ1) is 6.69. The van der Waals surface area contributed by atoms with Gasteiger partial charge in [0.1, 0.15) is 17.4 Å². The van der Waals surface area contributed by atoms with Crippen LogP contribution in [-0.4, -0.2) is 12.9 Å². The fraction of sp³-hybridized carbons (Fsp3) is 0.400. The molecule has 0 amide bonds. The van der Waals surface area contributed by atoms with Gasteiger partial charge in [0, 0.05) is 12.1 Å². The van der Waals surface area contributed by atoms with E-state index in [1.807, 2.05) is 6.92 Å². The highest BCUT2D eigenvalue weighted by atomic mass is 32.2. The molecule has 1 rings (SSSR count). The molecule has 0 bridgehead atoms. The molecule has 78 valence electrons. The second-order valence-corrected chi connectivity index (χ2v) is 3.59. The average molecular weight is 218 g/mol. The summed E-state index contributed by atoms with van der Waals surface area (Å²) in [4.78, 5) is 0.0360. The van der Waals surface area contributed by atoms with Gasteiger partial charge in [-0.3, -0.25) is 0 Å². The van der Waals surface area contributed by atoms with E-state index in [9.17, 15) is 8.78 Å². The van der Waals surface area contributed by atoms with Crippen molar-refractivity contribution in [2.45, 2.75) is 18.2 Å². The predicted octanol–water partition coefficient (Wildman–Crippen LogP) is 3.48. The second-order valence-electron chi connectivity index (χ2n) is 2.77. The molecule has 1 aromatic rings. The van der Waals surface area contributed by atoms with Gasteiger partial charge in [0.15, 0.2) is 0 Å². The second kappa shape index (κ2) is 5.20. The Morgan fingerprint density at radius 2 is 1.86 bits per heavy atom. The molecule has 0 saturated carbocycles. The Kier molecular flexibility index (Phi) is 4.20. The van der Waals surface area contributed by atoms with Crippen molar-refractivity contribution in [1.29, 1.82) is 0 Å². The maximum atomic E-state index is 13.2. The smallest absolute Gasteiger partial charge is 0.143 e. The van der Waals surface area contributed by atoms with Crippen LogP contribution in [0, 0.1) is 11.6 Å². The molecule has 0 unspecified atom stereocenters. The van der Waals surface area contributed by atoms with Crippen molar-refractivity contribution in [2.75, 3.05) is 12.9 Å². The summed E-state index contributed by atoms with van der Waals surface area (Å²) in [5.41, 5.74) is 0. The Labute approximate surface area is 86.5 Å². The first-order valence-electron chi connectivity index (χ1n) is 4.34. The van der Waals surface area contributed by atoms with Gasteiger partial charge in [-0.25, -0.2) is 8.78 Å². The fourth-order valence-electron chi connectivity index (χ4n) is 1.03. The molecule has 0 aromatic heterocycles. The molecule has 0 saturated heterocycles. The number of thioether (sulfide) groups is 1. The summed E-state index contributed by atoms with van der Waals surface area (Å²) in [6, 6.07) is 2.43. The third-order valence-electron chi connectivity index (χ3n) is 1.65. The zero-order valence-corrected chi connectivity index (χ0v) is 8.96. The number of rotatable bonds is 4. The minimum absolute atomic E-state index is 0.0360. The van der Waals surface area contributed by atoms with E-state index in [-0.39, 0.29) is 10.6 Å². The van der Waals surface area contributed by atoms with E-state index >= 15 is 0 Å². The van der Waals surface area contributed by atoms with E-state index in [2.05, 4.69) is 0 Å². The topological polar surface area (TPSA) is 9.23 Å². The third-order valence-corrected chi connectivity index (χ3v) is 2.45. The van der Waals surface area contributed by atoms with Crippen LogP contribution in [0.1, 0.15) is 13.3 Å². The van der Waals surface area contributed by atoms with Gasteiger partial charge >= 0.3 is 0 Å². The Hall–Kier alpha value is -0.770. The molecule has 0 N–H and O–H groups in total. The summed E-state index contributed by atoms with van der Waals surface area (Å²) in [6.45, 7) is 2.40.